The lowest BCUT2D eigenvalue weighted by atomic mass is 10.0. The summed E-state index contributed by atoms with van der Waals surface area (Å²) < 4.78 is 10.6. The molecule has 27 heavy (non-hydrogen) atoms. The number of rotatable bonds is 9. The van der Waals surface area contributed by atoms with Crippen LogP contribution in [0.25, 0.3) is 0 Å². The van der Waals surface area contributed by atoms with E-state index < -0.39 is 11.8 Å². The van der Waals surface area contributed by atoms with E-state index in [2.05, 4.69) is 26.6 Å². The minimum atomic E-state index is -0.675. The van der Waals surface area contributed by atoms with Gasteiger partial charge < -0.3 is 19.6 Å². The van der Waals surface area contributed by atoms with Gasteiger partial charge >= 0.3 is 0 Å². The van der Waals surface area contributed by atoms with Crippen LogP contribution in [0.5, 0.6) is 11.5 Å². The van der Waals surface area contributed by atoms with E-state index in [1.54, 1.807) is 26.4 Å². The van der Waals surface area contributed by atoms with Gasteiger partial charge in [-0.25, -0.2) is 0 Å². The molecule has 1 unspecified atom stereocenters. The number of oxime groups is 1. The summed E-state index contributed by atoms with van der Waals surface area (Å²) >= 11 is 0. The minimum absolute atomic E-state index is 0.219. The largest absolute Gasteiger partial charge is 0.497 e. The molecule has 1 N–H and O–H groups in total. The van der Waals surface area contributed by atoms with Gasteiger partial charge in [-0.2, -0.15) is 10.2 Å². The van der Waals surface area contributed by atoms with Gasteiger partial charge in [0.2, 0.25) is 6.10 Å². The van der Waals surface area contributed by atoms with E-state index in [9.17, 15) is 4.79 Å². The Kier molecular flexibility index (Phi) is 5.60. The second kappa shape index (κ2) is 8.08. The molecule has 0 saturated heterocycles. The van der Waals surface area contributed by atoms with Crippen LogP contribution in [-0.4, -0.2) is 44.2 Å². The average Bonchev–Trinajstić information content (AvgIpc) is 3.28. The molecule has 2 aliphatic heterocycles. The first-order valence-electron chi connectivity index (χ1n) is 8.71. The maximum Gasteiger partial charge on any atom is 0.264 e. The fourth-order valence-corrected chi connectivity index (χ4v) is 2.88. The van der Waals surface area contributed by atoms with E-state index in [1.165, 1.54) is 0 Å². The van der Waals surface area contributed by atoms with Gasteiger partial charge in [-0.05, 0) is 18.2 Å². The third-order valence-electron chi connectivity index (χ3n) is 4.56. The zero-order chi connectivity index (χ0) is 19.3. The Hall–Kier alpha value is -3.08. The number of hydrogen-bond donors (Lipinski definition) is 1. The molecule has 0 aromatic heterocycles. The summed E-state index contributed by atoms with van der Waals surface area (Å²) in [7, 11) is 3.17. The van der Waals surface area contributed by atoms with Gasteiger partial charge in [-0.1, -0.05) is 5.16 Å². The highest BCUT2D eigenvalue weighted by Gasteiger charge is 2.39. The minimum Gasteiger partial charge on any atom is -0.497 e. The molecule has 142 valence electrons. The van der Waals surface area contributed by atoms with E-state index in [4.69, 9.17) is 20.7 Å². The molecule has 2 aliphatic rings. The van der Waals surface area contributed by atoms with Crippen molar-refractivity contribution in [2.45, 2.75) is 37.5 Å². The molecule has 0 bridgehead atoms. The first kappa shape index (κ1) is 18.7. The third-order valence-corrected chi connectivity index (χ3v) is 4.56. The summed E-state index contributed by atoms with van der Waals surface area (Å²) in [5, 5.41) is 15.0. The lowest BCUT2D eigenvalue weighted by Crippen LogP contribution is -2.36. The van der Waals surface area contributed by atoms with Crippen LogP contribution in [0.3, 0.4) is 0 Å². The summed E-state index contributed by atoms with van der Waals surface area (Å²) in [5.41, 5.74) is 0.978. The van der Waals surface area contributed by atoms with Crippen molar-refractivity contribution in [2.24, 2.45) is 15.4 Å². The first-order valence-corrected chi connectivity index (χ1v) is 8.71. The number of nitrogens with zero attached hydrogens (tertiary/aromatic N) is 3. The van der Waals surface area contributed by atoms with Crippen LogP contribution in [0.15, 0.2) is 33.6 Å². The van der Waals surface area contributed by atoms with Gasteiger partial charge in [-0.15, -0.1) is 12.3 Å². The van der Waals surface area contributed by atoms with Crippen LogP contribution < -0.4 is 14.8 Å². The lowest BCUT2D eigenvalue weighted by Gasteiger charge is -2.12. The fraction of sp³-hybridized carbons (Fsp3) is 0.474. The standard InChI is InChI=1S/C19H22N4O4/c1-4-5-8-19(22-23-19)9-10-20-18(24)17-12-15(21-27-17)14-11-13(25-2)6-7-16(14)26-3/h1,6-7,11,17H,5,8-10,12H2,2-3H3,(H,20,24). The Morgan fingerprint density at radius 1 is 1.37 bits per heavy atom. The van der Waals surface area contributed by atoms with Crippen LogP contribution >= 0.6 is 0 Å². The Bertz CT molecular complexity index is 806. The number of terminal acetylenes is 1. The van der Waals surface area contributed by atoms with Crippen molar-refractivity contribution in [3.05, 3.63) is 23.8 Å². The molecule has 0 spiro atoms. The summed E-state index contributed by atoms with van der Waals surface area (Å²) in [4.78, 5) is 17.7. The van der Waals surface area contributed by atoms with Gasteiger partial charge in [0.25, 0.3) is 5.91 Å². The smallest absolute Gasteiger partial charge is 0.264 e. The summed E-state index contributed by atoms with van der Waals surface area (Å²) in [6.07, 6.45) is 6.91. The molecule has 1 atom stereocenters. The second-order valence-electron chi connectivity index (χ2n) is 6.33. The van der Waals surface area contributed by atoms with Crippen LogP contribution in [-0.2, 0) is 9.63 Å². The van der Waals surface area contributed by atoms with Gasteiger partial charge in [0.1, 0.15) is 11.5 Å². The zero-order valence-electron chi connectivity index (χ0n) is 15.4. The molecule has 0 saturated carbocycles. The molecular weight excluding hydrogens is 348 g/mol. The van der Waals surface area contributed by atoms with Crippen molar-refractivity contribution in [1.29, 1.82) is 0 Å². The number of ether oxygens (including phenoxy) is 2. The summed E-state index contributed by atoms with van der Waals surface area (Å²) in [5.74, 6) is 3.69. The van der Waals surface area contributed by atoms with Gasteiger partial charge in [0.15, 0.2) is 5.66 Å². The van der Waals surface area contributed by atoms with Crippen LogP contribution in [0.4, 0.5) is 0 Å². The van der Waals surface area contributed by atoms with Gasteiger partial charge in [0, 0.05) is 37.8 Å². The highest BCUT2D eigenvalue weighted by molar-refractivity contribution is 6.06. The molecule has 0 aliphatic carbocycles. The highest BCUT2D eigenvalue weighted by atomic mass is 16.6. The quantitative estimate of drug-likeness (QED) is 0.675. The van der Waals surface area contributed by atoms with Crippen LogP contribution in [0.2, 0.25) is 0 Å². The second-order valence-corrected chi connectivity index (χ2v) is 6.33. The topological polar surface area (TPSA) is 93.9 Å². The highest BCUT2D eigenvalue weighted by Crippen LogP contribution is 2.36. The predicted octanol–water partition coefficient (Wildman–Crippen LogP) is 2.28. The molecule has 2 heterocycles. The molecule has 8 heteroatoms. The molecule has 0 fully saturated rings. The molecular formula is C19H22N4O4. The number of hydrogen-bond acceptors (Lipinski definition) is 7. The van der Waals surface area contributed by atoms with Gasteiger partial charge in [-0.3, -0.25) is 4.79 Å². The Morgan fingerprint density at radius 2 is 2.19 bits per heavy atom. The van der Waals surface area contributed by atoms with Crippen LogP contribution in [0, 0.1) is 12.3 Å². The molecule has 1 aromatic carbocycles. The number of nitrogens with one attached hydrogen (secondary N) is 1. The van der Waals surface area contributed by atoms with Crippen molar-refractivity contribution in [2.75, 3.05) is 20.8 Å². The predicted molar refractivity (Wildman–Crippen MR) is 98.9 cm³/mol. The van der Waals surface area contributed by atoms with E-state index in [0.29, 0.717) is 49.4 Å². The average molecular weight is 370 g/mol. The Balaban J connectivity index is 1.52. The Morgan fingerprint density at radius 3 is 2.85 bits per heavy atom. The number of amides is 1. The van der Waals surface area contributed by atoms with E-state index in [-0.39, 0.29) is 5.91 Å². The first-order chi connectivity index (χ1) is 13.1. The number of methoxy groups -OCH3 is 2. The number of carbonyl (C=O) groups is 1. The van der Waals surface area contributed by atoms with Crippen molar-refractivity contribution in [3.8, 4) is 23.8 Å². The van der Waals surface area contributed by atoms with Crippen LogP contribution in [0.1, 0.15) is 31.2 Å². The molecule has 1 amide bonds. The molecule has 3 rings (SSSR count). The van der Waals surface area contributed by atoms with Crippen molar-refractivity contribution >= 4 is 11.6 Å². The summed E-state index contributed by atoms with van der Waals surface area (Å²) in [6.45, 7) is 0.452. The fourth-order valence-electron chi connectivity index (χ4n) is 2.88. The maximum absolute atomic E-state index is 12.4. The number of carbonyl (C=O) groups excluding carboxylic acids is 1. The lowest BCUT2D eigenvalue weighted by molar-refractivity contribution is -0.131. The monoisotopic (exact) mass is 370 g/mol. The van der Waals surface area contributed by atoms with Crippen molar-refractivity contribution in [1.82, 2.24) is 5.32 Å². The molecule has 0 radical (unpaired) electrons. The third kappa shape index (κ3) is 4.37. The van der Waals surface area contributed by atoms with E-state index in [1.807, 2.05) is 6.07 Å². The van der Waals surface area contributed by atoms with Crippen molar-refractivity contribution in [3.63, 3.8) is 0 Å². The van der Waals surface area contributed by atoms with Gasteiger partial charge in [0.05, 0.1) is 19.9 Å². The maximum atomic E-state index is 12.4. The van der Waals surface area contributed by atoms with E-state index in [0.717, 1.165) is 5.56 Å². The SMILES string of the molecule is C#CCCC1(CCNC(=O)C2CC(c3cc(OC)ccc3OC)=NO2)N=N1. The normalized spacial score (nSPS) is 18.9. The Labute approximate surface area is 158 Å². The zero-order valence-corrected chi connectivity index (χ0v) is 15.4. The van der Waals surface area contributed by atoms with E-state index >= 15 is 0 Å². The molecule has 1 aromatic rings. The van der Waals surface area contributed by atoms with Crippen molar-refractivity contribution < 1.29 is 19.1 Å². The summed E-state index contributed by atoms with van der Waals surface area (Å²) in [6, 6.07) is 5.40. The molecule has 8 nitrogen and oxygen atoms in total. The number of benzene rings is 1.